The Morgan fingerprint density at radius 2 is 2.06 bits per heavy atom. The fourth-order valence-corrected chi connectivity index (χ4v) is 3.05. The van der Waals surface area contributed by atoms with E-state index in [0.29, 0.717) is 18.4 Å². The van der Waals surface area contributed by atoms with Gasteiger partial charge in [0.2, 0.25) is 5.91 Å². The molecular formula is C14H26N2O. The predicted octanol–water partition coefficient (Wildman–Crippen LogP) is 2.01. The molecule has 2 unspecified atom stereocenters. The molecule has 2 fully saturated rings. The minimum atomic E-state index is 0.227. The van der Waals surface area contributed by atoms with E-state index in [4.69, 9.17) is 5.73 Å². The van der Waals surface area contributed by atoms with Crippen LogP contribution in [0, 0.1) is 17.8 Å². The quantitative estimate of drug-likeness (QED) is 0.769. The van der Waals surface area contributed by atoms with Crippen LogP contribution in [0.15, 0.2) is 0 Å². The zero-order chi connectivity index (χ0) is 12.3. The van der Waals surface area contributed by atoms with Crippen molar-refractivity contribution in [3.8, 4) is 0 Å². The van der Waals surface area contributed by atoms with Gasteiger partial charge >= 0.3 is 0 Å². The molecule has 2 saturated carbocycles. The molecule has 1 amide bonds. The first-order valence-electron chi connectivity index (χ1n) is 7.25. The minimum absolute atomic E-state index is 0.227. The molecule has 2 atom stereocenters. The number of hydrogen-bond donors (Lipinski definition) is 1. The number of amides is 1. The Kier molecular flexibility index (Phi) is 4.43. The van der Waals surface area contributed by atoms with Gasteiger partial charge < -0.3 is 10.6 Å². The van der Waals surface area contributed by atoms with E-state index in [1.165, 1.54) is 19.3 Å². The first-order chi connectivity index (χ1) is 8.26. The van der Waals surface area contributed by atoms with Crippen molar-refractivity contribution in [1.29, 1.82) is 0 Å². The molecule has 0 saturated heterocycles. The van der Waals surface area contributed by atoms with Crippen molar-refractivity contribution in [2.24, 2.45) is 23.5 Å². The van der Waals surface area contributed by atoms with E-state index in [0.717, 1.165) is 38.3 Å². The maximum Gasteiger partial charge on any atom is 0.226 e. The molecule has 0 aromatic rings. The van der Waals surface area contributed by atoms with Gasteiger partial charge in [0.25, 0.3) is 0 Å². The van der Waals surface area contributed by atoms with Crippen molar-refractivity contribution in [3.63, 3.8) is 0 Å². The molecule has 17 heavy (non-hydrogen) atoms. The highest BCUT2D eigenvalue weighted by Gasteiger charge is 2.36. The summed E-state index contributed by atoms with van der Waals surface area (Å²) < 4.78 is 0. The predicted molar refractivity (Wildman–Crippen MR) is 69.5 cm³/mol. The van der Waals surface area contributed by atoms with Crippen LogP contribution >= 0.6 is 0 Å². The second kappa shape index (κ2) is 5.85. The van der Waals surface area contributed by atoms with Crippen molar-refractivity contribution in [3.05, 3.63) is 0 Å². The van der Waals surface area contributed by atoms with E-state index >= 15 is 0 Å². The first kappa shape index (κ1) is 12.9. The van der Waals surface area contributed by atoms with Crippen molar-refractivity contribution in [2.45, 2.75) is 45.4 Å². The second-order valence-corrected chi connectivity index (χ2v) is 5.76. The normalized spacial score (nSPS) is 28.4. The smallest absolute Gasteiger partial charge is 0.226 e. The summed E-state index contributed by atoms with van der Waals surface area (Å²) in [7, 11) is 0. The van der Waals surface area contributed by atoms with Gasteiger partial charge in [0.1, 0.15) is 0 Å². The molecule has 0 spiro atoms. The number of rotatable bonds is 6. The highest BCUT2D eigenvalue weighted by molar-refractivity contribution is 5.79. The van der Waals surface area contributed by atoms with Crippen molar-refractivity contribution in [1.82, 2.24) is 4.90 Å². The third-order valence-corrected chi connectivity index (χ3v) is 4.26. The van der Waals surface area contributed by atoms with Gasteiger partial charge in [-0.25, -0.2) is 0 Å². The molecule has 0 aromatic heterocycles. The van der Waals surface area contributed by atoms with Gasteiger partial charge in [0.15, 0.2) is 0 Å². The van der Waals surface area contributed by atoms with Crippen LogP contribution in [0.1, 0.15) is 45.4 Å². The number of carbonyl (C=O) groups excluding carboxylic acids is 1. The maximum atomic E-state index is 12.5. The van der Waals surface area contributed by atoms with Crippen LogP contribution in [0.4, 0.5) is 0 Å². The van der Waals surface area contributed by atoms with Crippen LogP contribution < -0.4 is 5.73 Å². The number of nitrogens with zero attached hydrogens (tertiary/aromatic N) is 1. The molecule has 0 radical (unpaired) electrons. The molecular weight excluding hydrogens is 212 g/mol. The SMILES string of the molecule is CCCN(CC1CC1)C(=O)C1CCCC1CN. The van der Waals surface area contributed by atoms with E-state index in [1.54, 1.807) is 0 Å². The van der Waals surface area contributed by atoms with Crippen LogP contribution in [0.25, 0.3) is 0 Å². The van der Waals surface area contributed by atoms with Gasteiger partial charge in [-0.1, -0.05) is 13.3 Å². The fourth-order valence-electron chi connectivity index (χ4n) is 3.05. The van der Waals surface area contributed by atoms with E-state index in [1.807, 2.05) is 0 Å². The average molecular weight is 238 g/mol. The lowest BCUT2D eigenvalue weighted by atomic mass is 9.94. The number of hydrogen-bond acceptors (Lipinski definition) is 2. The summed E-state index contributed by atoms with van der Waals surface area (Å²) in [6, 6.07) is 0. The molecule has 98 valence electrons. The number of nitrogens with two attached hydrogens (primary N) is 1. The minimum Gasteiger partial charge on any atom is -0.342 e. The first-order valence-corrected chi connectivity index (χ1v) is 7.25. The maximum absolute atomic E-state index is 12.5. The van der Waals surface area contributed by atoms with Crippen molar-refractivity contribution in [2.75, 3.05) is 19.6 Å². The molecule has 0 heterocycles. The van der Waals surface area contributed by atoms with Gasteiger partial charge in [0.05, 0.1) is 0 Å². The van der Waals surface area contributed by atoms with E-state index in [9.17, 15) is 4.79 Å². The lowest BCUT2D eigenvalue weighted by Crippen LogP contribution is -2.40. The number of carbonyl (C=O) groups is 1. The average Bonchev–Trinajstić information content (AvgIpc) is 3.02. The second-order valence-electron chi connectivity index (χ2n) is 5.76. The molecule has 0 aromatic carbocycles. The molecule has 2 rings (SSSR count). The molecule has 3 heteroatoms. The van der Waals surface area contributed by atoms with Gasteiger partial charge in [-0.05, 0) is 50.5 Å². The van der Waals surface area contributed by atoms with E-state index < -0.39 is 0 Å². The standard InChI is InChI=1S/C14H26N2O/c1-2-8-16(10-11-6-7-11)14(17)13-5-3-4-12(13)9-15/h11-13H,2-10,15H2,1H3. The molecule has 2 N–H and O–H groups in total. The summed E-state index contributed by atoms with van der Waals surface area (Å²) in [6.45, 7) is 4.77. The Balaban J connectivity index is 1.93. The molecule has 0 aliphatic heterocycles. The summed E-state index contributed by atoms with van der Waals surface area (Å²) in [5, 5.41) is 0. The van der Waals surface area contributed by atoms with Crippen LogP contribution in [0.3, 0.4) is 0 Å². The monoisotopic (exact) mass is 238 g/mol. The Labute approximate surface area is 105 Å². The van der Waals surface area contributed by atoms with Gasteiger partial charge in [-0.2, -0.15) is 0 Å². The Morgan fingerprint density at radius 1 is 1.29 bits per heavy atom. The highest BCUT2D eigenvalue weighted by atomic mass is 16.2. The van der Waals surface area contributed by atoms with E-state index in [2.05, 4.69) is 11.8 Å². The Hall–Kier alpha value is -0.570. The highest BCUT2D eigenvalue weighted by Crippen LogP contribution is 2.34. The summed E-state index contributed by atoms with van der Waals surface area (Å²) >= 11 is 0. The zero-order valence-corrected chi connectivity index (χ0v) is 11.0. The van der Waals surface area contributed by atoms with Crippen molar-refractivity contribution >= 4 is 5.91 Å². The summed E-state index contributed by atoms with van der Waals surface area (Å²) in [4.78, 5) is 14.7. The summed E-state index contributed by atoms with van der Waals surface area (Å²) in [5.74, 6) is 1.86. The fraction of sp³-hybridized carbons (Fsp3) is 0.929. The topological polar surface area (TPSA) is 46.3 Å². The third kappa shape index (κ3) is 3.21. The largest absolute Gasteiger partial charge is 0.342 e. The summed E-state index contributed by atoms with van der Waals surface area (Å²) in [5.41, 5.74) is 5.78. The molecule has 2 aliphatic rings. The van der Waals surface area contributed by atoms with Crippen molar-refractivity contribution < 1.29 is 4.79 Å². The molecule has 0 bridgehead atoms. The van der Waals surface area contributed by atoms with E-state index in [-0.39, 0.29) is 5.92 Å². The van der Waals surface area contributed by atoms with Gasteiger partial charge in [-0.15, -0.1) is 0 Å². The van der Waals surface area contributed by atoms with Crippen LogP contribution in [0.2, 0.25) is 0 Å². The third-order valence-electron chi connectivity index (χ3n) is 4.26. The molecule has 2 aliphatic carbocycles. The van der Waals surface area contributed by atoms with Crippen LogP contribution in [-0.2, 0) is 4.79 Å². The summed E-state index contributed by atoms with van der Waals surface area (Å²) in [6.07, 6.45) is 7.10. The molecule has 3 nitrogen and oxygen atoms in total. The zero-order valence-electron chi connectivity index (χ0n) is 11.0. The lowest BCUT2D eigenvalue weighted by Gasteiger charge is -2.27. The van der Waals surface area contributed by atoms with Gasteiger partial charge in [-0.3, -0.25) is 4.79 Å². The van der Waals surface area contributed by atoms with Crippen LogP contribution in [-0.4, -0.2) is 30.4 Å². The Bertz CT molecular complexity index is 263. The Morgan fingerprint density at radius 3 is 2.65 bits per heavy atom. The lowest BCUT2D eigenvalue weighted by molar-refractivity contribution is -0.136. The van der Waals surface area contributed by atoms with Crippen LogP contribution in [0.5, 0.6) is 0 Å². The van der Waals surface area contributed by atoms with Gasteiger partial charge in [0, 0.05) is 19.0 Å².